The minimum absolute atomic E-state index is 0.0111. The number of hydrogen-bond acceptors (Lipinski definition) is 13. The lowest BCUT2D eigenvalue weighted by atomic mass is 9.57. The summed E-state index contributed by atoms with van der Waals surface area (Å²) < 4.78 is 17.0. The molecule has 6 aliphatic carbocycles. The van der Waals surface area contributed by atoms with Gasteiger partial charge >= 0.3 is 17.9 Å². The van der Waals surface area contributed by atoms with E-state index < -0.39 is 0 Å². The minimum atomic E-state index is 0.0111. The van der Waals surface area contributed by atoms with Gasteiger partial charge in [0.1, 0.15) is 23.3 Å². The van der Waals surface area contributed by atoms with Crippen LogP contribution in [0.3, 0.4) is 0 Å². The van der Waals surface area contributed by atoms with Gasteiger partial charge in [0, 0.05) is 82.0 Å². The van der Waals surface area contributed by atoms with E-state index in [4.69, 9.17) is 25.8 Å². The first-order chi connectivity index (χ1) is 42.5. The van der Waals surface area contributed by atoms with Crippen LogP contribution in [0.1, 0.15) is 134 Å². The summed E-state index contributed by atoms with van der Waals surface area (Å²) in [6.07, 6.45) is 44.5. The maximum Gasteiger partial charge on any atom is 0.309 e. The summed E-state index contributed by atoms with van der Waals surface area (Å²) in [4.78, 5) is 64.0. The van der Waals surface area contributed by atoms with Crippen LogP contribution in [0.5, 0.6) is 0 Å². The number of allylic oxidation sites excluding steroid dienone is 3. The Hall–Kier alpha value is -6.70. The van der Waals surface area contributed by atoms with Gasteiger partial charge in [-0.05, 0) is 179 Å². The van der Waals surface area contributed by atoms with Crippen molar-refractivity contribution in [1.82, 2.24) is 29.9 Å². The van der Waals surface area contributed by atoms with Crippen LogP contribution in [0.15, 0.2) is 128 Å². The Balaban J connectivity index is 0.000000121. The van der Waals surface area contributed by atoms with E-state index in [-0.39, 0.29) is 54.0 Å². The molecule has 0 N–H and O–H groups in total. The molecule has 452 valence electrons. The first-order valence-corrected chi connectivity index (χ1v) is 33.7. The lowest BCUT2D eigenvalue weighted by Crippen LogP contribution is -2.42. The van der Waals surface area contributed by atoms with E-state index in [1.165, 1.54) is 77.0 Å². The van der Waals surface area contributed by atoms with Gasteiger partial charge in [0.2, 0.25) is 0 Å². The maximum absolute atomic E-state index is 12.4. The van der Waals surface area contributed by atoms with Gasteiger partial charge in [-0.2, -0.15) is 0 Å². The SMILES string of the molecule is C[C@H]1OC(=O)[C@@H]2C[C@@H]3CCCC[C@H]3[C@H](/C=C/c3ccc(-c4cccc(Cl)c4)cn3)[C@H]12.C[C@H]1OC(=O)[C@@H]2C[C@@H]3CCCC[C@H]3[C@H](/C=C/c3ccc(-c4cnccn4)cn3)[C@H]12.C[C@H]1OC(=O)[C@@H]2C[C@@H]3CCCC[C@H]3[C@H](/C=C/c3ccc(-c4nccs4)cn3)[C@H]12. The number of pyridine rings is 3. The van der Waals surface area contributed by atoms with Crippen molar-refractivity contribution in [2.24, 2.45) is 88.8 Å². The van der Waals surface area contributed by atoms with Gasteiger partial charge in [-0.15, -0.1) is 11.3 Å². The molecule has 0 bridgehead atoms. The lowest BCUT2D eigenvalue weighted by Gasteiger charge is -2.45. The van der Waals surface area contributed by atoms with Crippen molar-refractivity contribution in [3.05, 3.63) is 150 Å². The molecule has 6 aromatic rings. The lowest BCUT2D eigenvalue weighted by molar-refractivity contribution is -0.145. The van der Waals surface area contributed by atoms with Crippen LogP contribution >= 0.6 is 22.9 Å². The third-order valence-electron chi connectivity index (χ3n) is 21.7. The fourth-order valence-corrected chi connectivity index (χ4v) is 18.7. The Kier molecular flexibility index (Phi) is 18.1. The molecule has 8 heterocycles. The molecule has 15 rings (SSSR count). The quantitative estimate of drug-likeness (QED) is 0.0999. The van der Waals surface area contributed by atoms with Gasteiger partial charge < -0.3 is 14.2 Å². The number of fused-ring (bicyclic) bond motifs is 6. The molecule has 14 heteroatoms. The summed E-state index contributed by atoms with van der Waals surface area (Å²) in [6.45, 7) is 6.22. The number of esters is 3. The zero-order valence-corrected chi connectivity index (χ0v) is 51.8. The highest BCUT2D eigenvalue weighted by atomic mass is 35.5. The molecular formula is C73H81ClN6O6S. The van der Waals surface area contributed by atoms with Crippen LogP contribution in [-0.4, -0.2) is 66.1 Å². The number of nitrogens with zero attached hydrogens (tertiary/aromatic N) is 6. The second kappa shape index (κ2) is 26.6. The molecular weight excluding hydrogens is 1120 g/mol. The molecule has 1 aromatic carbocycles. The highest BCUT2D eigenvalue weighted by Crippen LogP contribution is 2.56. The van der Waals surface area contributed by atoms with Gasteiger partial charge in [-0.1, -0.05) is 106 Å². The van der Waals surface area contributed by atoms with Crippen LogP contribution in [0.4, 0.5) is 0 Å². The van der Waals surface area contributed by atoms with Crippen LogP contribution in [0.25, 0.3) is 51.2 Å². The Labute approximate surface area is 521 Å². The molecule has 3 aliphatic heterocycles. The monoisotopic (exact) mass is 1200 g/mol. The Morgan fingerprint density at radius 1 is 0.471 bits per heavy atom. The van der Waals surface area contributed by atoms with E-state index in [0.717, 1.165) is 74.3 Å². The number of ether oxygens (including phenoxy) is 3. The number of benzene rings is 1. The third kappa shape index (κ3) is 12.8. The zero-order valence-electron chi connectivity index (χ0n) is 50.3. The Morgan fingerprint density at radius 2 is 0.920 bits per heavy atom. The number of thiazole rings is 1. The normalized spacial score (nSPS) is 34.0. The highest BCUT2D eigenvalue weighted by Gasteiger charge is 2.56. The van der Waals surface area contributed by atoms with Crippen LogP contribution in [0, 0.1) is 88.8 Å². The van der Waals surface area contributed by atoms with Gasteiger partial charge in [0.05, 0.1) is 46.7 Å². The fourth-order valence-electron chi connectivity index (χ4n) is 17.8. The average molecular weight is 1210 g/mol. The van der Waals surface area contributed by atoms with Crippen LogP contribution < -0.4 is 0 Å². The first kappa shape index (κ1) is 59.3. The van der Waals surface area contributed by atoms with Crippen molar-refractivity contribution < 1.29 is 28.6 Å². The number of carbonyl (C=O) groups excluding carboxylic acids is 3. The molecule has 0 amide bonds. The number of cyclic esters (lactones) is 3. The Bertz CT molecular complexity index is 3430. The smallest absolute Gasteiger partial charge is 0.309 e. The molecule has 0 radical (unpaired) electrons. The third-order valence-corrected chi connectivity index (χ3v) is 22.8. The second-order valence-corrected chi connectivity index (χ2v) is 27.8. The second-order valence-electron chi connectivity index (χ2n) is 26.5. The van der Waals surface area contributed by atoms with Crippen molar-refractivity contribution in [3.63, 3.8) is 0 Å². The predicted octanol–water partition coefficient (Wildman–Crippen LogP) is 16.2. The van der Waals surface area contributed by atoms with Gasteiger partial charge in [-0.25, -0.2) is 4.98 Å². The summed E-state index contributed by atoms with van der Waals surface area (Å²) in [5, 5.41) is 3.71. The molecule has 3 saturated heterocycles. The largest absolute Gasteiger partial charge is 0.462 e. The van der Waals surface area contributed by atoms with Crippen LogP contribution in [0.2, 0.25) is 5.02 Å². The number of hydrogen-bond donors (Lipinski definition) is 0. The van der Waals surface area contributed by atoms with Crippen molar-refractivity contribution in [2.45, 2.75) is 135 Å². The Morgan fingerprint density at radius 3 is 1.32 bits per heavy atom. The van der Waals surface area contributed by atoms with Crippen molar-refractivity contribution in [2.75, 3.05) is 0 Å². The number of rotatable bonds is 9. The molecule has 6 saturated carbocycles. The van der Waals surface area contributed by atoms with E-state index in [0.29, 0.717) is 71.0 Å². The van der Waals surface area contributed by atoms with E-state index in [1.807, 2.05) is 66.6 Å². The number of halogens is 1. The molecule has 0 unspecified atom stereocenters. The summed E-state index contributed by atoms with van der Waals surface area (Å²) in [5.41, 5.74) is 7.82. The topological polar surface area (TPSA) is 156 Å². The molecule has 18 atom stereocenters. The van der Waals surface area contributed by atoms with Gasteiger partial charge in [0.15, 0.2) is 0 Å². The summed E-state index contributed by atoms with van der Waals surface area (Å²) in [6, 6.07) is 20.2. The van der Waals surface area contributed by atoms with Crippen LogP contribution in [-0.2, 0) is 28.6 Å². The fraction of sp³-hybridized carbons (Fsp3) is 0.493. The first-order valence-electron chi connectivity index (χ1n) is 32.5. The molecule has 5 aromatic heterocycles. The molecule has 9 fully saturated rings. The summed E-state index contributed by atoms with van der Waals surface area (Å²) >= 11 is 7.74. The minimum Gasteiger partial charge on any atom is -0.462 e. The standard InChI is InChI=1S/C26H28ClNO2.C24H27N3O2.C23H26N2O2S/c1-16-25-23(22-8-3-2-5-18(22)14-24(25)26(29)30-16)12-11-21-10-9-19(15-28-21)17-6-4-7-20(27)13-17;1-15-23-20(19-5-3-2-4-16(19)12-21(23)24(28)29-15)9-8-18-7-6-17(13-27-18)22-14-25-10-11-26-22;1-14-21-19(18-5-3-2-4-15(18)12-20(21)23(26)27-14)9-8-17-7-6-16(13-25-17)22-24-10-11-28-22/h4,6-7,9-13,15-16,18,22-25H,2-3,5,8,14H2,1H3;6-11,13-16,19-21,23H,2-5,12H2,1H3;6-11,13-15,18-21H,2-5,12H2,1H3/b12-11+;2*9-8+/t16-,18+,22-,23+,24-,25+;15-,16+,19-,20+,21-,23+;14-,15+,18-,19+,20-,21+/m111/s1. The molecule has 12 nitrogen and oxygen atoms in total. The van der Waals surface area contributed by atoms with E-state index in [1.54, 1.807) is 29.9 Å². The average Bonchev–Trinajstić information content (AvgIpc) is 2.10. The number of aromatic nitrogens is 6. The molecule has 87 heavy (non-hydrogen) atoms. The number of carbonyl (C=O) groups is 3. The van der Waals surface area contributed by atoms with Crippen molar-refractivity contribution in [1.29, 1.82) is 0 Å². The molecule has 9 aliphatic rings. The summed E-state index contributed by atoms with van der Waals surface area (Å²) in [7, 11) is 0. The van der Waals surface area contributed by atoms with Crippen molar-refractivity contribution >= 4 is 59.1 Å². The van der Waals surface area contributed by atoms with Gasteiger partial charge in [0.25, 0.3) is 0 Å². The van der Waals surface area contributed by atoms with Gasteiger partial charge in [-0.3, -0.25) is 39.3 Å². The zero-order chi connectivity index (χ0) is 59.5. The van der Waals surface area contributed by atoms with E-state index in [9.17, 15) is 14.4 Å². The van der Waals surface area contributed by atoms with E-state index >= 15 is 0 Å². The maximum atomic E-state index is 12.4. The summed E-state index contributed by atoms with van der Waals surface area (Å²) in [5.74, 6) is 6.43. The van der Waals surface area contributed by atoms with Crippen molar-refractivity contribution in [3.8, 4) is 33.0 Å². The predicted molar refractivity (Wildman–Crippen MR) is 341 cm³/mol. The van der Waals surface area contributed by atoms with E-state index in [2.05, 4.69) is 111 Å². The molecule has 0 spiro atoms. The highest BCUT2D eigenvalue weighted by molar-refractivity contribution is 7.13.